The molecule has 13 heavy (non-hydrogen) atoms. The van der Waals surface area contributed by atoms with Crippen LogP contribution in [-0.2, 0) is 6.42 Å². The third kappa shape index (κ3) is 3.79. The molecular formula is C12H16O. The molecule has 1 N–H and O–H groups in total. The standard InChI is InChI=1S/C12H16O/c1-2-3-4-5-6-11-7-9-12(13)10-8-11/h3-4,7-10,13H,2,5-6H2,1H3. The minimum absolute atomic E-state index is 0.341. The molecule has 0 saturated heterocycles. The molecule has 1 nitrogen and oxygen atoms in total. The van der Waals surface area contributed by atoms with Gasteiger partial charge in [0.2, 0.25) is 0 Å². The number of allylic oxidation sites excluding steroid dienone is 2. The SMILES string of the molecule is CCC=CCCc1ccc(O)cc1. The van der Waals surface area contributed by atoms with Crippen LogP contribution in [-0.4, -0.2) is 5.11 Å². The van der Waals surface area contributed by atoms with Gasteiger partial charge >= 0.3 is 0 Å². The van der Waals surface area contributed by atoms with Crippen LogP contribution in [0.4, 0.5) is 0 Å². The number of aromatic hydroxyl groups is 1. The van der Waals surface area contributed by atoms with E-state index in [4.69, 9.17) is 5.11 Å². The van der Waals surface area contributed by atoms with Crippen LogP contribution in [0.25, 0.3) is 0 Å². The van der Waals surface area contributed by atoms with E-state index in [1.165, 1.54) is 5.56 Å². The minimum atomic E-state index is 0.341. The van der Waals surface area contributed by atoms with E-state index in [1.54, 1.807) is 12.1 Å². The van der Waals surface area contributed by atoms with Gasteiger partial charge in [-0.2, -0.15) is 0 Å². The molecule has 0 heterocycles. The van der Waals surface area contributed by atoms with Gasteiger partial charge in [0, 0.05) is 0 Å². The smallest absolute Gasteiger partial charge is 0.115 e. The first-order valence-electron chi connectivity index (χ1n) is 4.76. The quantitative estimate of drug-likeness (QED) is 0.698. The Kier molecular flexibility index (Phi) is 4.10. The molecule has 1 aromatic rings. The molecule has 0 aliphatic heterocycles. The van der Waals surface area contributed by atoms with Crippen molar-refractivity contribution < 1.29 is 5.11 Å². The van der Waals surface area contributed by atoms with Gasteiger partial charge in [0.25, 0.3) is 0 Å². The van der Waals surface area contributed by atoms with Gasteiger partial charge in [-0.15, -0.1) is 0 Å². The fourth-order valence-electron chi connectivity index (χ4n) is 1.20. The molecule has 1 heteroatoms. The maximum Gasteiger partial charge on any atom is 0.115 e. The van der Waals surface area contributed by atoms with E-state index >= 15 is 0 Å². The fourth-order valence-corrected chi connectivity index (χ4v) is 1.20. The number of phenolic OH excluding ortho intramolecular Hbond substituents is 1. The molecule has 0 saturated carbocycles. The van der Waals surface area contributed by atoms with Gasteiger partial charge in [-0.25, -0.2) is 0 Å². The van der Waals surface area contributed by atoms with Gasteiger partial charge in [0.1, 0.15) is 5.75 Å². The summed E-state index contributed by atoms with van der Waals surface area (Å²) in [5.74, 6) is 0.341. The van der Waals surface area contributed by atoms with E-state index in [0.717, 1.165) is 19.3 Å². The van der Waals surface area contributed by atoms with E-state index in [-0.39, 0.29) is 0 Å². The summed E-state index contributed by atoms with van der Waals surface area (Å²) in [5, 5.41) is 9.05. The molecule has 0 aliphatic rings. The maximum absolute atomic E-state index is 9.05. The molecule has 70 valence electrons. The van der Waals surface area contributed by atoms with Crippen molar-refractivity contribution >= 4 is 0 Å². The lowest BCUT2D eigenvalue weighted by molar-refractivity contribution is 0.475. The molecule has 0 aliphatic carbocycles. The van der Waals surface area contributed by atoms with Gasteiger partial charge < -0.3 is 5.11 Å². The van der Waals surface area contributed by atoms with E-state index in [0.29, 0.717) is 5.75 Å². The largest absolute Gasteiger partial charge is 0.508 e. The first-order chi connectivity index (χ1) is 6.33. The summed E-state index contributed by atoms with van der Waals surface area (Å²) in [6.07, 6.45) is 7.62. The van der Waals surface area contributed by atoms with Crippen LogP contribution in [0.3, 0.4) is 0 Å². The number of phenols is 1. The average molecular weight is 176 g/mol. The summed E-state index contributed by atoms with van der Waals surface area (Å²) in [4.78, 5) is 0. The van der Waals surface area contributed by atoms with E-state index in [1.807, 2.05) is 12.1 Å². The Bertz CT molecular complexity index is 259. The Labute approximate surface area is 79.7 Å². The number of aryl methyl sites for hydroxylation is 1. The van der Waals surface area contributed by atoms with Crippen molar-refractivity contribution in [3.63, 3.8) is 0 Å². The Hall–Kier alpha value is -1.24. The highest BCUT2D eigenvalue weighted by atomic mass is 16.3. The van der Waals surface area contributed by atoms with Gasteiger partial charge in [-0.05, 0) is 37.0 Å². The molecule has 0 unspecified atom stereocenters. The molecule has 0 amide bonds. The van der Waals surface area contributed by atoms with Crippen molar-refractivity contribution in [3.8, 4) is 5.75 Å². The van der Waals surface area contributed by atoms with Crippen molar-refractivity contribution in [2.24, 2.45) is 0 Å². The lowest BCUT2D eigenvalue weighted by Gasteiger charge is -1.97. The summed E-state index contributed by atoms with van der Waals surface area (Å²) in [6, 6.07) is 7.40. The third-order valence-electron chi connectivity index (χ3n) is 1.94. The monoisotopic (exact) mass is 176 g/mol. The van der Waals surface area contributed by atoms with Gasteiger partial charge in [-0.3, -0.25) is 0 Å². The number of rotatable bonds is 4. The summed E-state index contributed by atoms with van der Waals surface area (Å²) in [5.41, 5.74) is 1.28. The Morgan fingerprint density at radius 1 is 1.15 bits per heavy atom. The van der Waals surface area contributed by atoms with Crippen LogP contribution in [0.5, 0.6) is 5.75 Å². The molecular weight excluding hydrogens is 160 g/mol. The second kappa shape index (κ2) is 5.41. The molecule has 0 aromatic heterocycles. The molecule has 0 spiro atoms. The summed E-state index contributed by atoms with van der Waals surface area (Å²) in [6.45, 7) is 2.14. The lowest BCUT2D eigenvalue weighted by atomic mass is 10.1. The van der Waals surface area contributed by atoms with Gasteiger partial charge in [0.15, 0.2) is 0 Å². The molecule has 0 radical (unpaired) electrons. The number of hydrogen-bond acceptors (Lipinski definition) is 1. The first kappa shape index (κ1) is 9.85. The topological polar surface area (TPSA) is 20.2 Å². The first-order valence-corrected chi connectivity index (χ1v) is 4.76. The minimum Gasteiger partial charge on any atom is -0.508 e. The molecule has 1 rings (SSSR count). The van der Waals surface area contributed by atoms with Crippen molar-refractivity contribution in [1.29, 1.82) is 0 Å². The zero-order chi connectivity index (χ0) is 9.52. The highest BCUT2D eigenvalue weighted by molar-refractivity contribution is 5.26. The van der Waals surface area contributed by atoms with Crippen LogP contribution < -0.4 is 0 Å². The summed E-state index contributed by atoms with van der Waals surface area (Å²) >= 11 is 0. The highest BCUT2D eigenvalue weighted by Gasteiger charge is 1.90. The maximum atomic E-state index is 9.05. The molecule has 0 atom stereocenters. The lowest BCUT2D eigenvalue weighted by Crippen LogP contribution is -1.81. The van der Waals surface area contributed by atoms with E-state index in [9.17, 15) is 0 Å². The Morgan fingerprint density at radius 3 is 2.46 bits per heavy atom. The van der Waals surface area contributed by atoms with Crippen molar-refractivity contribution in [2.45, 2.75) is 26.2 Å². The fraction of sp³-hybridized carbons (Fsp3) is 0.333. The zero-order valence-corrected chi connectivity index (χ0v) is 8.03. The van der Waals surface area contributed by atoms with Gasteiger partial charge in [0.05, 0.1) is 0 Å². The molecule has 0 bridgehead atoms. The van der Waals surface area contributed by atoms with Crippen molar-refractivity contribution in [3.05, 3.63) is 42.0 Å². The molecule has 0 fully saturated rings. The van der Waals surface area contributed by atoms with E-state index < -0.39 is 0 Å². The second-order valence-corrected chi connectivity index (χ2v) is 3.08. The van der Waals surface area contributed by atoms with Crippen LogP contribution >= 0.6 is 0 Å². The van der Waals surface area contributed by atoms with Crippen LogP contribution in [0.1, 0.15) is 25.3 Å². The van der Waals surface area contributed by atoms with Gasteiger partial charge in [-0.1, -0.05) is 31.2 Å². The summed E-state index contributed by atoms with van der Waals surface area (Å²) in [7, 11) is 0. The normalized spacial score (nSPS) is 10.8. The molecule has 1 aromatic carbocycles. The number of hydrogen-bond donors (Lipinski definition) is 1. The third-order valence-corrected chi connectivity index (χ3v) is 1.94. The van der Waals surface area contributed by atoms with Crippen LogP contribution in [0, 0.1) is 0 Å². The predicted octanol–water partition coefficient (Wildman–Crippen LogP) is 3.29. The van der Waals surface area contributed by atoms with Crippen LogP contribution in [0.15, 0.2) is 36.4 Å². The Morgan fingerprint density at radius 2 is 1.85 bits per heavy atom. The zero-order valence-electron chi connectivity index (χ0n) is 8.03. The van der Waals surface area contributed by atoms with Crippen LogP contribution in [0.2, 0.25) is 0 Å². The predicted molar refractivity (Wildman–Crippen MR) is 55.9 cm³/mol. The second-order valence-electron chi connectivity index (χ2n) is 3.08. The summed E-state index contributed by atoms with van der Waals surface area (Å²) < 4.78 is 0. The van der Waals surface area contributed by atoms with E-state index in [2.05, 4.69) is 19.1 Å². The van der Waals surface area contributed by atoms with Crippen molar-refractivity contribution in [2.75, 3.05) is 0 Å². The Balaban J connectivity index is 2.37. The number of benzene rings is 1. The van der Waals surface area contributed by atoms with Crippen molar-refractivity contribution in [1.82, 2.24) is 0 Å². The average Bonchev–Trinajstić information content (AvgIpc) is 2.15. The highest BCUT2D eigenvalue weighted by Crippen LogP contribution is 2.11.